The summed E-state index contributed by atoms with van der Waals surface area (Å²) in [5.41, 5.74) is 2.32. The molecule has 0 spiro atoms. The summed E-state index contributed by atoms with van der Waals surface area (Å²) in [5, 5.41) is 8.97. The molecule has 2 aromatic carbocycles. The van der Waals surface area contributed by atoms with Crippen molar-refractivity contribution < 1.29 is 23.9 Å². The van der Waals surface area contributed by atoms with Gasteiger partial charge in [0, 0.05) is 11.6 Å². The van der Waals surface area contributed by atoms with Crippen LogP contribution in [0.25, 0.3) is 17.4 Å². The number of carbonyl (C=O) groups is 3. The molecule has 2 amide bonds. The predicted molar refractivity (Wildman–Crippen MR) is 114 cm³/mol. The molecule has 2 heterocycles. The van der Waals surface area contributed by atoms with Crippen LogP contribution in [0.1, 0.15) is 27.2 Å². The average Bonchev–Trinajstić information content (AvgIpc) is 3.29. The molecule has 1 aromatic heterocycles. The number of carbonyl (C=O) groups excluding carboxylic acids is 2. The van der Waals surface area contributed by atoms with Crippen LogP contribution >= 0.6 is 11.8 Å². The number of carboxylic acid groups (broad SMARTS) is 1. The Hall–Kier alpha value is -3.58. The third-order valence-corrected chi connectivity index (χ3v) is 5.69. The first-order valence-electron chi connectivity index (χ1n) is 9.16. The average molecular weight is 419 g/mol. The molecular weight excluding hydrogens is 402 g/mol. The van der Waals surface area contributed by atoms with Gasteiger partial charge in [0.05, 0.1) is 17.0 Å². The fraction of sp³-hybridized carbons (Fsp3) is 0.0870. The van der Waals surface area contributed by atoms with Gasteiger partial charge in [-0.05, 0) is 48.0 Å². The quantitative estimate of drug-likeness (QED) is 0.573. The fourth-order valence-corrected chi connectivity index (χ4v) is 4.06. The number of imide groups is 1. The normalized spacial score (nSPS) is 15.2. The van der Waals surface area contributed by atoms with Gasteiger partial charge in [-0.2, -0.15) is 0 Å². The Labute approximate surface area is 176 Å². The van der Waals surface area contributed by atoms with Crippen molar-refractivity contribution in [3.8, 4) is 11.3 Å². The van der Waals surface area contributed by atoms with Crippen LogP contribution in [-0.4, -0.2) is 27.1 Å². The Balaban J connectivity index is 1.58. The van der Waals surface area contributed by atoms with Crippen molar-refractivity contribution >= 4 is 35.0 Å². The van der Waals surface area contributed by atoms with Crippen molar-refractivity contribution in [3.05, 3.63) is 88.0 Å². The molecule has 6 nitrogen and oxygen atoms in total. The summed E-state index contributed by atoms with van der Waals surface area (Å²) in [6.07, 6.45) is 1.54. The van der Waals surface area contributed by atoms with Crippen LogP contribution in [0.4, 0.5) is 4.79 Å². The van der Waals surface area contributed by atoms with E-state index in [1.54, 1.807) is 31.2 Å². The second-order valence-corrected chi connectivity index (χ2v) is 7.73. The zero-order valence-electron chi connectivity index (χ0n) is 16.0. The SMILES string of the molecule is Cc1c(C(=O)O)cccc1-c1ccc(C=C2SC(=O)N(Cc3ccccc3)C2=O)o1. The number of hydrogen-bond acceptors (Lipinski definition) is 5. The predicted octanol–water partition coefficient (Wildman–Crippen LogP) is 5.19. The van der Waals surface area contributed by atoms with E-state index in [4.69, 9.17) is 4.42 Å². The summed E-state index contributed by atoms with van der Waals surface area (Å²) in [6, 6.07) is 17.7. The minimum absolute atomic E-state index is 0.201. The van der Waals surface area contributed by atoms with Crippen LogP contribution in [0.5, 0.6) is 0 Å². The summed E-state index contributed by atoms with van der Waals surface area (Å²) in [6.45, 7) is 1.93. The van der Waals surface area contributed by atoms with Crippen LogP contribution < -0.4 is 0 Å². The van der Waals surface area contributed by atoms with E-state index < -0.39 is 5.97 Å². The number of amides is 2. The lowest BCUT2D eigenvalue weighted by atomic mass is 10.0. The Morgan fingerprint density at radius 1 is 1.07 bits per heavy atom. The molecule has 0 radical (unpaired) electrons. The second kappa shape index (κ2) is 8.04. The van der Waals surface area contributed by atoms with E-state index in [0.29, 0.717) is 22.6 Å². The number of benzene rings is 2. The number of furan rings is 1. The molecule has 1 N–H and O–H groups in total. The van der Waals surface area contributed by atoms with E-state index >= 15 is 0 Å². The van der Waals surface area contributed by atoms with Gasteiger partial charge in [-0.25, -0.2) is 4.79 Å². The highest BCUT2D eigenvalue weighted by Crippen LogP contribution is 2.35. The molecule has 150 valence electrons. The Morgan fingerprint density at radius 2 is 1.83 bits per heavy atom. The number of nitrogens with zero attached hydrogens (tertiary/aromatic N) is 1. The molecule has 0 bridgehead atoms. The molecule has 1 saturated heterocycles. The number of carboxylic acids is 1. The topological polar surface area (TPSA) is 87.8 Å². The molecule has 7 heteroatoms. The molecule has 0 atom stereocenters. The van der Waals surface area contributed by atoms with Crippen LogP contribution in [0.3, 0.4) is 0 Å². The molecule has 30 heavy (non-hydrogen) atoms. The molecule has 1 fully saturated rings. The Morgan fingerprint density at radius 3 is 2.57 bits per heavy atom. The van der Waals surface area contributed by atoms with E-state index in [9.17, 15) is 19.5 Å². The Bertz CT molecular complexity index is 1180. The first-order valence-corrected chi connectivity index (χ1v) is 9.98. The summed E-state index contributed by atoms with van der Waals surface area (Å²) in [4.78, 5) is 37.8. The van der Waals surface area contributed by atoms with Gasteiger partial charge in [0.15, 0.2) is 0 Å². The van der Waals surface area contributed by atoms with Crippen molar-refractivity contribution in [2.24, 2.45) is 0 Å². The molecule has 4 rings (SSSR count). The highest BCUT2D eigenvalue weighted by Gasteiger charge is 2.35. The summed E-state index contributed by atoms with van der Waals surface area (Å²) in [7, 11) is 0. The molecule has 0 saturated carbocycles. The van der Waals surface area contributed by atoms with Crippen LogP contribution in [-0.2, 0) is 11.3 Å². The third kappa shape index (κ3) is 3.79. The third-order valence-electron chi connectivity index (χ3n) is 4.79. The highest BCUT2D eigenvalue weighted by atomic mass is 32.2. The van der Waals surface area contributed by atoms with Crippen molar-refractivity contribution in [1.82, 2.24) is 4.90 Å². The lowest BCUT2D eigenvalue weighted by molar-refractivity contribution is -0.123. The molecular formula is C23H17NO5S. The van der Waals surface area contributed by atoms with Gasteiger partial charge in [0.25, 0.3) is 11.1 Å². The minimum Gasteiger partial charge on any atom is -0.478 e. The van der Waals surface area contributed by atoms with Crippen molar-refractivity contribution in [3.63, 3.8) is 0 Å². The van der Waals surface area contributed by atoms with Crippen molar-refractivity contribution in [2.75, 3.05) is 0 Å². The maximum Gasteiger partial charge on any atom is 0.335 e. The second-order valence-electron chi connectivity index (χ2n) is 6.74. The van der Waals surface area contributed by atoms with Crippen LogP contribution in [0.2, 0.25) is 0 Å². The summed E-state index contributed by atoms with van der Waals surface area (Å²) < 4.78 is 5.82. The largest absolute Gasteiger partial charge is 0.478 e. The maximum atomic E-state index is 12.7. The Kier molecular flexibility index (Phi) is 5.29. The van der Waals surface area contributed by atoms with Crippen LogP contribution in [0, 0.1) is 6.92 Å². The lowest BCUT2D eigenvalue weighted by Gasteiger charge is -2.11. The van der Waals surface area contributed by atoms with Gasteiger partial charge >= 0.3 is 5.97 Å². The summed E-state index contributed by atoms with van der Waals surface area (Å²) >= 11 is 0.871. The van der Waals surface area contributed by atoms with Crippen molar-refractivity contribution in [2.45, 2.75) is 13.5 Å². The lowest BCUT2D eigenvalue weighted by Crippen LogP contribution is -2.27. The van der Waals surface area contributed by atoms with E-state index in [1.807, 2.05) is 30.3 Å². The highest BCUT2D eigenvalue weighted by molar-refractivity contribution is 8.18. The van der Waals surface area contributed by atoms with Gasteiger partial charge in [0.2, 0.25) is 0 Å². The van der Waals surface area contributed by atoms with Gasteiger partial charge in [-0.1, -0.05) is 42.5 Å². The van der Waals surface area contributed by atoms with Crippen LogP contribution in [0.15, 0.2) is 70.0 Å². The van der Waals surface area contributed by atoms with E-state index in [-0.39, 0.29) is 28.2 Å². The summed E-state index contributed by atoms with van der Waals surface area (Å²) in [5.74, 6) is -0.468. The van der Waals surface area contributed by atoms with Gasteiger partial charge < -0.3 is 9.52 Å². The zero-order valence-corrected chi connectivity index (χ0v) is 16.8. The standard InChI is InChI=1S/C23H17NO5S/c1-14-17(8-5-9-18(14)22(26)27)19-11-10-16(29-19)12-20-21(25)24(23(28)30-20)13-15-6-3-2-4-7-15/h2-12H,13H2,1H3,(H,26,27). The zero-order chi connectivity index (χ0) is 21.3. The van der Waals surface area contributed by atoms with Gasteiger partial charge in [0.1, 0.15) is 11.5 Å². The molecule has 1 aliphatic rings. The first-order chi connectivity index (χ1) is 14.4. The van der Waals surface area contributed by atoms with E-state index in [1.165, 1.54) is 17.0 Å². The number of aromatic carboxylic acids is 1. The number of hydrogen-bond donors (Lipinski definition) is 1. The maximum absolute atomic E-state index is 12.7. The van der Waals surface area contributed by atoms with Crippen molar-refractivity contribution in [1.29, 1.82) is 0 Å². The monoisotopic (exact) mass is 419 g/mol. The first kappa shape index (κ1) is 19.7. The van der Waals surface area contributed by atoms with Gasteiger partial charge in [-0.3, -0.25) is 14.5 Å². The fourth-order valence-electron chi connectivity index (χ4n) is 3.24. The molecule has 0 unspecified atom stereocenters. The molecule has 0 aliphatic carbocycles. The minimum atomic E-state index is -1.01. The van der Waals surface area contributed by atoms with E-state index in [0.717, 1.165) is 17.3 Å². The number of thioether (sulfide) groups is 1. The molecule has 3 aromatic rings. The number of rotatable bonds is 5. The smallest absolute Gasteiger partial charge is 0.335 e. The van der Waals surface area contributed by atoms with E-state index in [2.05, 4.69) is 0 Å². The van der Waals surface area contributed by atoms with Gasteiger partial charge in [-0.15, -0.1) is 0 Å². The molecule has 1 aliphatic heterocycles.